The van der Waals surface area contributed by atoms with Gasteiger partial charge in [-0.15, -0.1) is 0 Å². The molecule has 3 rings (SSSR count). The number of carbonyl (C=O) groups excluding carboxylic acids is 1. The van der Waals surface area contributed by atoms with Crippen LogP contribution in [0.1, 0.15) is 39.0 Å². The number of hydrogen-bond acceptors (Lipinski definition) is 4. The molecule has 0 spiro atoms. The molecule has 0 bridgehead atoms. The molecule has 1 aromatic heterocycles. The summed E-state index contributed by atoms with van der Waals surface area (Å²) < 4.78 is 1.87. The quantitative estimate of drug-likeness (QED) is 0.904. The van der Waals surface area contributed by atoms with Crippen LogP contribution in [-0.2, 0) is 11.3 Å². The van der Waals surface area contributed by atoms with Gasteiger partial charge in [-0.25, -0.2) is 4.98 Å². The molecule has 1 aromatic rings. The van der Waals surface area contributed by atoms with Gasteiger partial charge in [0.15, 0.2) is 0 Å². The summed E-state index contributed by atoms with van der Waals surface area (Å²) in [4.78, 5) is 18.9. The van der Waals surface area contributed by atoms with E-state index in [4.69, 9.17) is 0 Å². The number of aromatic nitrogens is 3. The van der Waals surface area contributed by atoms with E-state index in [0.717, 1.165) is 51.9 Å². The Labute approximate surface area is 125 Å². The summed E-state index contributed by atoms with van der Waals surface area (Å²) in [5, 5.41) is 7.61. The molecule has 1 N–H and O–H groups in total. The van der Waals surface area contributed by atoms with Crippen molar-refractivity contribution < 1.29 is 4.79 Å². The van der Waals surface area contributed by atoms with Crippen molar-refractivity contribution in [2.24, 2.45) is 5.92 Å². The first-order chi connectivity index (χ1) is 10.2. The average molecular weight is 291 g/mol. The van der Waals surface area contributed by atoms with Crippen LogP contribution in [0.25, 0.3) is 0 Å². The van der Waals surface area contributed by atoms with Crippen LogP contribution in [0, 0.1) is 5.92 Å². The van der Waals surface area contributed by atoms with Gasteiger partial charge in [0, 0.05) is 19.6 Å². The smallest absolute Gasteiger partial charge is 0.242 e. The van der Waals surface area contributed by atoms with E-state index in [1.54, 1.807) is 12.7 Å². The number of nitrogens with one attached hydrogen (secondary N) is 1. The normalized spacial score (nSPS) is 30.3. The Hall–Kier alpha value is -1.43. The van der Waals surface area contributed by atoms with Crippen molar-refractivity contribution >= 4 is 5.91 Å². The third-order valence-electron chi connectivity index (χ3n) is 4.81. The van der Waals surface area contributed by atoms with Crippen LogP contribution in [0.3, 0.4) is 0 Å². The molecule has 3 heterocycles. The van der Waals surface area contributed by atoms with Crippen LogP contribution in [0.4, 0.5) is 0 Å². The van der Waals surface area contributed by atoms with E-state index in [1.807, 2.05) is 4.68 Å². The second kappa shape index (κ2) is 6.13. The highest BCUT2D eigenvalue weighted by Gasteiger charge is 2.38. The molecule has 21 heavy (non-hydrogen) atoms. The molecule has 116 valence electrons. The lowest BCUT2D eigenvalue weighted by Crippen LogP contribution is -2.59. The molecular weight excluding hydrogens is 266 g/mol. The van der Waals surface area contributed by atoms with Crippen molar-refractivity contribution in [2.45, 2.75) is 51.1 Å². The number of nitrogens with zero attached hydrogens (tertiary/aromatic N) is 4. The molecule has 0 aromatic carbocycles. The molecule has 0 saturated carbocycles. The van der Waals surface area contributed by atoms with E-state index in [-0.39, 0.29) is 11.4 Å². The van der Waals surface area contributed by atoms with Gasteiger partial charge >= 0.3 is 0 Å². The van der Waals surface area contributed by atoms with Crippen LogP contribution in [0.15, 0.2) is 12.7 Å². The van der Waals surface area contributed by atoms with Crippen molar-refractivity contribution in [3.8, 4) is 0 Å². The minimum absolute atomic E-state index is 0.283. The van der Waals surface area contributed by atoms with Gasteiger partial charge in [-0.3, -0.25) is 9.48 Å². The van der Waals surface area contributed by atoms with E-state index in [9.17, 15) is 4.79 Å². The van der Waals surface area contributed by atoms with Gasteiger partial charge in [-0.05, 0) is 51.5 Å². The first-order valence-corrected chi connectivity index (χ1v) is 8.04. The Bertz CT molecular complexity index is 466. The summed E-state index contributed by atoms with van der Waals surface area (Å²) in [6.45, 7) is 5.61. The maximum Gasteiger partial charge on any atom is 0.242 e. The summed E-state index contributed by atoms with van der Waals surface area (Å²) in [7, 11) is 0. The molecule has 2 atom stereocenters. The molecule has 2 aliphatic rings. The lowest BCUT2D eigenvalue weighted by Gasteiger charge is -2.41. The number of piperidine rings is 2. The second-order valence-corrected chi connectivity index (χ2v) is 6.59. The van der Waals surface area contributed by atoms with Crippen molar-refractivity contribution in [1.29, 1.82) is 0 Å². The topological polar surface area (TPSA) is 63.1 Å². The maximum absolute atomic E-state index is 12.9. The Morgan fingerprint density at radius 1 is 1.43 bits per heavy atom. The molecular formula is C15H25N5O. The highest BCUT2D eigenvalue weighted by atomic mass is 16.2. The van der Waals surface area contributed by atoms with Gasteiger partial charge in [0.05, 0.1) is 5.54 Å². The highest BCUT2D eigenvalue weighted by molar-refractivity contribution is 5.86. The van der Waals surface area contributed by atoms with Crippen LogP contribution in [-0.4, -0.2) is 50.7 Å². The van der Waals surface area contributed by atoms with Gasteiger partial charge < -0.3 is 10.2 Å². The van der Waals surface area contributed by atoms with Crippen LogP contribution < -0.4 is 5.32 Å². The number of rotatable bonds is 3. The molecule has 6 nitrogen and oxygen atoms in total. The van der Waals surface area contributed by atoms with Crippen molar-refractivity contribution in [3.63, 3.8) is 0 Å². The predicted octanol–water partition coefficient (Wildman–Crippen LogP) is 1.05. The van der Waals surface area contributed by atoms with Gasteiger partial charge in [0.25, 0.3) is 0 Å². The Kier molecular flexibility index (Phi) is 4.24. The lowest BCUT2D eigenvalue weighted by atomic mass is 9.88. The Morgan fingerprint density at radius 2 is 2.33 bits per heavy atom. The number of amides is 1. The fourth-order valence-electron chi connectivity index (χ4n) is 3.58. The molecule has 2 saturated heterocycles. The molecule has 6 heteroatoms. The summed E-state index contributed by atoms with van der Waals surface area (Å²) in [5.41, 5.74) is -0.354. The zero-order valence-electron chi connectivity index (χ0n) is 12.8. The molecule has 2 aliphatic heterocycles. The van der Waals surface area contributed by atoms with E-state index in [1.165, 1.54) is 6.42 Å². The highest BCUT2D eigenvalue weighted by Crippen LogP contribution is 2.25. The molecule has 0 radical (unpaired) electrons. The third kappa shape index (κ3) is 3.26. The fraction of sp³-hybridized carbons (Fsp3) is 0.800. The summed E-state index contributed by atoms with van der Waals surface area (Å²) in [6, 6.07) is 0. The Balaban J connectivity index is 1.61. The molecule has 1 amide bonds. The second-order valence-electron chi connectivity index (χ2n) is 6.59. The van der Waals surface area contributed by atoms with E-state index < -0.39 is 0 Å². The minimum Gasteiger partial charge on any atom is -0.341 e. The third-order valence-corrected chi connectivity index (χ3v) is 4.81. The number of carbonyl (C=O) groups is 1. The SMILES string of the molecule is C[C@@]1(C(=O)N2CCC[C@@H](Cn3cncn3)C2)CCCCN1. The van der Waals surface area contributed by atoms with Crippen LogP contribution in [0.5, 0.6) is 0 Å². The van der Waals surface area contributed by atoms with Gasteiger partial charge in [-0.1, -0.05) is 0 Å². The van der Waals surface area contributed by atoms with Gasteiger partial charge in [-0.2, -0.15) is 5.10 Å². The average Bonchev–Trinajstić information content (AvgIpc) is 3.00. The molecule has 0 aliphatic carbocycles. The standard InChI is InChI=1S/C15H25N5O/c1-15(6-2-3-7-17-15)14(21)19-8-4-5-13(9-19)10-20-12-16-11-18-20/h11-13,17H,2-10H2,1H3/t13-,15+/m1/s1. The van der Waals surface area contributed by atoms with E-state index in [2.05, 4.69) is 27.2 Å². The monoisotopic (exact) mass is 291 g/mol. The zero-order valence-corrected chi connectivity index (χ0v) is 12.8. The fourth-order valence-corrected chi connectivity index (χ4v) is 3.58. The predicted molar refractivity (Wildman–Crippen MR) is 79.6 cm³/mol. The number of hydrogen-bond donors (Lipinski definition) is 1. The largest absolute Gasteiger partial charge is 0.341 e. The first kappa shape index (κ1) is 14.5. The molecule has 2 fully saturated rings. The summed E-state index contributed by atoms with van der Waals surface area (Å²) >= 11 is 0. The van der Waals surface area contributed by atoms with Crippen molar-refractivity contribution in [1.82, 2.24) is 25.0 Å². The lowest BCUT2D eigenvalue weighted by molar-refractivity contribution is -0.140. The van der Waals surface area contributed by atoms with E-state index >= 15 is 0 Å². The number of likely N-dealkylation sites (tertiary alicyclic amines) is 1. The summed E-state index contributed by atoms with van der Waals surface area (Å²) in [5.74, 6) is 0.766. The van der Waals surface area contributed by atoms with E-state index in [0.29, 0.717) is 5.92 Å². The molecule has 0 unspecified atom stereocenters. The maximum atomic E-state index is 12.9. The van der Waals surface area contributed by atoms with Crippen LogP contribution >= 0.6 is 0 Å². The minimum atomic E-state index is -0.354. The van der Waals surface area contributed by atoms with Crippen molar-refractivity contribution in [3.05, 3.63) is 12.7 Å². The van der Waals surface area contributed by atoms with Crippen LogP contribution in [0.2, 0.25) is 0 Å². The van der Waals surface area contributed by atoms with Crippen molar-refractivity contribution in [2.75, 3.05) is 19.6 Å². The van der Waals surface area contributed by atoms with Gasteiger partial charge in [0.1, 0.15) is 12.7 Å². The zero-order chi connectivity index (χ0) is 14.7. The van der Waals surface area contributed by atoms with Gasteiger partial charge in [0.2, 0.25) is 5.91 Å². The Morgan fingerprint density at radius 3 is 3.05 bits per heavy atom. The first-order valence-electron chi connectivity index (χ1n) is 8.04. The summed E-state index contributed by atoms with van der Waals surface area (Å²) in [6.07, 6.45) is 8.85.